The summed E-state index contributed by atoms with van der Waals surface area (Å²) >= 11 is 3.59. The van der Waals surface area contributed by atoms with Gasteiger partial charge in [-0.3, -0.25) is 4.90 Å². The van der Waals surface area contributed by atoms with Crippen LogP contribution in [0.1, 0.15) is 24.8 Å². The molecular formula is C16H24BrN3. The van der Waals surface area contributed by atoms with Crippen LogP contribution in [0.15, 0.2) is 22.7 Å². The average molecular weight is 338 g/mol. The van der Waals surface area contributed by atoms with Crippen LogP contribution in [-0.2, 0) is 6.54 Å². The fourth-order valence-electron chi connectivity index (χ4n) is 3.72. The lowest BCUT2D eigenvalue weighted by molar-refractivity contribution is 0.254. The molecule has 2 unspecified atom stereocenters. The number of halogens is 1. The Labute approximate surface area is 130 Å². The molecule has 2 heterocycles. The third-order valence-corrected chi connectivity index (χ3v) is 5.39. The Morgan fingerprint density at radius 3 is 2.85 bits per heavy atom. The molecule has 0 radical (unpaired) electrons. The van der Waals surface area contributed by atoms with Gasteiger partial charge in [0.2, 0.25) is 0 Å². The van der Waals surface area contributed by atoms with E-state index in [2.05, 4.69) is 56.3 Å². The normalized spacial score (nSPS) is 26.9. The second-order valence-corrected chi connectivity index (χ2v) is 7.00. The van der Waals surface area contributed by atoms with Gasteiger partial charge < -0.3 is 10.2 Å². The van der Waals surface area contributed by atoms with E-state index in [0.29, 0.717) is 0 Å². The molecule has 2 bridgehead atoms. The Bertz CT molecular complexity index is 477. The zero-order valence-electron chi connectivity index (χ0n) is 12.4. The van der Waals surface area contributed by atoms with Crippen LogP contribution >= 0.6 is 15.9 Å². The van der Waals surface area contributed by atoms with Crippen molar-refractivity contribution >= 4 is 21.6 Å². The molecule has 3 nitrogen and oxygen atoms in total. The molecule has 110 valence electrons. The van der Waals surface area contributed by atoms with Crippen LogP contribution in [-0.4, -0.2) is 44.2 Å². The first-order valence-electron chi connectivity index (χ1n) is 7.59. The molecule has 0 amide bonds. The highest BCUT2D eigenvalue weighted by molar-refractivity contribution is 9.10. The molecule has 3 rings (SSSR count). The van der Waals surface area contributed by atoms with Crippen molar-refractivity contribution in [2.24, 2.45) is 0 Å². The van der Waals surface area contributed by atoms with Gasteiger partial charge in [-0.15, -0.1) is 0 Å². The van der Waals surface area contributed by atoms with Gasteiger partial charge in [0.15, 0.2) is 0 Å². The van der Waals surface area contributed by atoms with Crippen molar-refractivity contribution in [3.63, 3.8) is 0 Å². The van der Waals surface area contributed by atoms with E-state index in [9.17, 15) is 0 Å². The molecule has 2 aliphatic heterocycles. The molecule has 4 heteroatoms. The molecular weight excluding hydrogens is 314 g/mol. The number of fused-ring (bicyclic) bond motifs is 2. The lowest BCUT2D eigenvalue weighted by Gasteiger charge is -2.29. The molecule has 2 fully saturated rings. The number of hydrogen-bond donors (Lipinski definition) is 1. The minimum absolute atomic E-state index is 0.730. The van der Waals surface area contributed by atoms with Gasteiger partial charge in [0.05, 0.1) is 0 Å². The zero-order valence-corrected chi connectivity index (χ0v) is 14.0. The molecule has 1 aromatic rings. The van der Waals surface area contributed by atoms with Crippen LogP contribution < -0.4 is 10.2 Å². The van der Waals surface area contributed by atoms with Gasteiger partial charge in [-0.2, -0.15) is 0 Å². The van der Waals surface area contributed by atoms with Crippen LogP contribution in [0.25, 0.3) is 0 Å². The Morgan fingerprint density at radius 2 is 2.05 bits per heavy atom. The molecule has 2 saturated heterocycles. The third-order valence-electron chi connectivity index (χ3n) is 4.90. The number of rotatable bonds is 3. The number of benzene rings is 1. The fraction of sp³-hybridized carbons (Fsp3) is 0.625. The molecule has 0 saturated carbocycles. The van der Waals surface area contributed by atoms with Crippen molar-refractivity contribution < 1.29 is 0 Å². The van der Waals surface area contributed by atoms with Gasteiger partial charge in [0, 0.05) is 41.9 Å². The van der Waals surface area contributed by atoms with Gasteiger partial charge in [-0.1, -0.05) is 15.9 Å². The van der Waals surface area contributed by atoms with Gasteiger partial charge in [0.25, 0.3) is 0 Å². The van der Waals surface area contributed by atoms with Crippen molar-refractivity contribution in [3.8, 4) is 0 Å². The maximum absolute atomic E-state index is 3.59. The summed E-state index contributed by atoms with van der Waals surface area (Å²) in [5, 5.41) is 3.29. The Morgan fingerprint density at radius 1 is 1.25 bits per heavy atom. The van der Waals surface area contributed by atoms with E-state index in [4.69, 9.17) is 0 Å². The molecule has 2 atom stereocenters. The minimum Gasteiger partial charge on any atom is -0.370 e. The Hall–Kier alpha value is -0.580. The first kappa shape index (κ1) is 14.4. The van der Waals surface area contributed by atoms with Crippen molar-refractivity contribution in [1.82, 2.24) is 10.2 Å². The summed E-state index contributed by atoms with van der Waals surface area (Å²) in [7, 11) is 4.32. The van der Waals surface area contributed by atoms with E-state index >= 15 is 0 Å². The fourth-order valence-corrected chi connectivity index (χ4v) is 4.13. The molecule has 0 aliphatic carbocycles. The van der Waals surface area contributed by atoms with Crippen molar-refractivity contribution in [2.75, 3.05) is 32.1 Å². The van der Waals surface area contributed by atoms with E-state index in [1.807, 2.05) is 7.05 Å². The largest absolute Gasteiger partial charge is 0.370 e. The highest BCUT2D eigenvalue weighted by atomic mass is 79.9. The summed E-state index contributed by atoms with van der Waals surface area (Å²) < 4.78 is 1.17. The molecule has 20 heavy (non-hydrogen) atoms. The van der Waals surface area contributed by atoms with Crippen LogP contribution in [0, 0.1) is 0 Å². The van der Waals surface area contributed by atoms with Crippen LogP contribution in [0.2, 0.25) is 0 Å². The standard InChI is InChI=1S/C16H24BrN3/c1-18-10-12-9-13(17)3-6-16(12)20-8-7-14-4-5-15(11-20)19(14)2/h3,6,9,14-15,18H,4-5,7-8,10-11H2,1-2H3. The molecule has 0 spiro atoms. The van der Waals surface area contributed by atoms with E-state index in [1.54, 1.807) is 0 Å². The SMILES string of the molecule is CNCc1cc(Br)ccc1N1CCC2CCC(C1)N2C. The molecule has 2 aliphatic rings. The second-order valence-electron chi connectivity index (χ2n) is 6.09. The van der Waals surface area contributed by atoms with Crippen LogP contribution in [0.5, 0.6) is 0 Å². The lowest BCUT2D eigenvalue weighted by atomic mass is 10.1. The van der Waals surface area contributed by atoms with Crippen molar-refractivity contribution in [2.45, 2.75) is 37.9 Å². The first-order chi connectivity index (χ1) is 9.69. The topological polar surface area (TPSA) is 18.5 Å². The second kappa shape index (κ2) is 6.04. The average Bonchev–Trinajstić information content (AvgIpc) is 2.65. The summed E-state index contributed by atoms with van der Waals surface area (Å²) in [6.45, 7) is 3.28. The van der Waals surface area contributed by atoms with E-state index < -0.39 is 0 Å². The lowest BCUT2D eigenvalue weighted by Crippen LogP contribution is -2.37. The summed E-state index contributed by atoms with van der Waals surface area (Å²) in [5.41, 5.74) is 2.80. The predicted octanol–water partition coefficient (Wildman–Crippen LogP) is 2.84. The Balaban J connectivity index is 1.85. The summed E-state index contributed by atoms with van der Waals surface area (Å²) in [6.07, 6.45) is 4.04. The zero-order chi connectivity index (χ0) is 14.1. The quantitative estimate of drug-likeness (QED) is 0.914. The monoisotopic (exact) mass is 337 g/mol. The highest BCUT2D eigenvalue weighted by Gasteiger charge is 2.34. The van der Waals surface area contributed by atoms with E-state index in [-0.39, 0.29) is 0 Å². The van der Waals surface area contributed by atoms with E-state index in [1.165, 1.54) is 48.1 Å². The summed E-state index contributed by atoms with van der Waals surface area (Å²) in [6, 6.07) is 8.22. The number of anilines is 1. The highest BCUT2D eigenvalue weighted by Crippen LogP contribution is 2.32. The van der Waals surface area contributed by atoms with Gasteiger partial charge in [-0.05, 0) is 57.1 Å². The summed E-state index contributed by atoms with van der Waals surface area (Å²) in [5.74, 6) is 0. The predicted molar refractivity (Wildman–Crippen MR) is 88.3 cm³/mol. The summed E-state index contributed by atoms with van der Waals surface area (Å²) in [4.78, 5) is 5.20. The number of nitrogens with zero attached hydrogens (tertiary/aromatic N) is 2. The minimum atomic E-state index is 0.730. The van der Waals surface area contributed by atoms with Crippen LogP contribution in [0.3, 0.4) is 0 Å². The van der Waals surface area contributed by atoms with Gasteiger partial charge >= 0.3 is 0 Å². The van der Waals surface area contributed by atoms with Crippen molar-refractivity contribution in [1.29, 1.82) is 0 Å². The van der Waals surface area contributed by atoms with Crippen molar-refractivity contribution in [3.05, 3.63) is 28.2 Å². The number of hydrogen-bond acceptors (Lipinski definition) is 3. The first-order valence-corrected chi connectivity index (χ1v) is 8.38. The number of nitrogens with one attached hydrogen (secondary N) is 1. The van der Waals surface area contributed by atoms with Gasteiger partial charge in [-0.25, -0.2) is 0 Å². The maximum atomic E-state index is 3.59. The molecule has 1 N–H and O–H groups in total. The van der Waals surface area contributed by atoms with Crippen LogP contribution in [0.4, 0.5) is 5.69 Å². The van der Waals surface area contributed by atoms with Gasteiger partial charge in [0.1, 0.15) is 0 Å². The maximum Gasteiger partial charge on any atom is 0.0413 e. The Kier molecular flexibility index (Phi) is 4.34. The van der Waals surface area contributed by atoms with E-state index in [0.717, 1.165) is 18.6 Å². The third kappa shape index (κ3) is 2.74. The smallest absolute Gasteiger partial charge is 0.0413 e. The molecule has 0 aromatic heterocycles. The molecule has 1 aromatic carbocycles. The number of likely N-dealkylation sites (N-methyl/N-ethyl adjacent to an activating group) is 1.